The van der Waals surface area contributed by atoms with Gasteiger partial charge in [-0.1, -0.05) is 0 Å². The van der Waals surface area contributed by atoms with Gasteiger partial charge in [0.2, 0.25) is 5.91 Å². The molecule has 2 aliphatic rings. The van der Waals surface area contributed by atoms with Gasteiger partial charge >= 0.3 is 12.6 Å². The van der Waals surface area contributed by atoms with Gasteiger partial charge in [0.25, 0.3) is 0 Å². The number of piperidine rings is 1. The Kier molecular flexibility index (Phi) is 4.82. The molecule has 0 radical (unpaired) electrons. The second-order valence-electron chi connectivity index (χ2n) is 5.85. The maximum absolute atomic E-state index is 12.6. The van der Waals surface area contributed by atoms with Crippen LogP contribution in [0.5, 0.6) is 5.75 Å². The number of amides is 3. The van der Waals surface area contributed by atoms with E-state index in [1.165, 1.54) is 12.1 Å². The summed E-state index contributed by atoms with van der Waals surface area (Å²) in [5, 5.41) is 2.78. The Balaban J connectivity index is 1.64. The Morgan fingerprint density at radius 1 is 1.17 bits per heavy atom. The first-order valence-corrected chi connectivity index (χ1v) is 7.96. The summed E-state index contributed by atoms with van der Waals surface area (Å²) < 4.78 is 28.7. The number of ether oxygens (including phenoxy) is 1. The molecule has 2 fully saturated rings. The molecule has 130 valence electrons. The van der Waals surface area contributed by atoms with Crippen molar-refractivity contribution >= 4 is 17.6 Å². The van der Waals surface area contributed by atoms with Gasteiger partial charge in [-0.05, 0) is 43.5 Å². The minimum absolute atomic E-state index is 0.0424. The van der Waals surface area contributed by atoms with E-state index < -0.39 is 12.7 Å². The Morgan fingerprint density at radius 3 is 2.46 bits per heavy atom. The molecule has 24 heavy (non-hydrogen) atoms. The van der Waals surface area contributed by atoms with Crippen LogP contribution in [0.1, 0.15) is 19.3 Å². The third-order valence-corrected chi connectivity index (χ3v) is 4.25. The van der Waals surface area contributed by atoms with Crippen molar-refractivity contribution in [3.63, 3.8) is 0 Å². The number of carbonyl (C=O) groups excluding carboxylic acids is 2. The fraction of sp³-hybridized carbons (Fsp3) is 0.500. The van der Waals surface area contributed by atoms with E-state index in [2.05, 4.69) is 10.1 Å². The first kappa shape index (κ1) is 16.5. The molecule has 2 saturated heterocycles. The number of nitrogens with zero attached hydrogens (tertiary/aromatic N) is 2. The molecule has 0 aromatic heterocycles. The highest BCUT2D eigenvalue weighted by atomic mass is 19.3. The van der Waals surface area contributed by atoms with Crippen molar-refractivity contribution in [3.8, 4) is 5.75 Å². The first-order valence-electron chi connectivity index (χ1n) is 7.96. The number of likely N-dealkylation sites (tertiary alicyclic amines) is 1. The molecule has 3 rings (SSSR count). The van der Waals surface area contributed by atoms with Gasteiger partial charge in [0.05, 0.1) is 0 Å². The predicted molar refractivity (Wildman–Crippen MR) is 83.2 cm³/mol. The molecule has 1 aromatic rings. The second-order valence-corrected chi connectivity index (χ2v) is 5.85. The summed E-state index contributed by atoms with van der Waals surface area (Å²) in [6, 6.07) is 5.17. The SMILES string of the molecule is O=C(NC1CCCN(c2ccc(OC(F)F)cc2)C1=O)N1CCC1. The number of nitrogens with one attached hydrogen (secondary N) is 1. The standard InChI is InChI=1S/C16H19F2N3O3/c17-15(18)24-12-6-4-11(5-7-12)21-10-1-3-13(14(21)22)19-16(23)20-8-2-9-20/h4-7,13,15H,1-3,8-10H2,(H,19,23). The maximum Gasteiger partial charge on any atom is 0.387 e. The van der Waals surface area contributed by atoms with Gasteiger partial charge in [0.15, 0.2) is 0 Å². The van der Waals surface area contributed by atoms with Crippen LogP contribution in [-0.4, -0.2) is 49.1 Å². The highest BCUT2D eigenvalue weighted by Gasteiger charge is 2.32. The van der Waals surface area contributed by atoms with Crippen LogP contribution in [0.4, 0.5) is 19.3 Å². The molecule has 3 amide bonds. The van der Waals surface area contributed by atoms with Crippen molar-refractivity contribution < 1.29 is 23.1 Å². The summed E-state index contributed by atoms with van der Waals surface area (Å²) >= 11 is 0. The molecule has 1 aromatic carbocycles. The van der Waals surface area contributed by atoms with Gasteiger partial charge in [-0.2, -0.15) is 8.78 Å². The zero-order chi connectivity index (χ0) is 17.1. The average molecular weight is 339 g/mol. The minimum atomic E-state index is -2.88. The Bertz CT molecular complexity index is 605. The molecule has 6 nitrogen and oxygen atoms in total. The minimum Gasteiger partial charge on any atom is -0.435 e. The van der Waals surface area contributed by atoms with Crippen molar-refractivity contribution in [3.05, 3.63) is 24.3 Å². The molecular formula is C16H19F2N3O3. The molecule has 2 heterocycles. The van der Waals surface area contributed by atoms with Gasteiger partial charge in [0, 0.05) is 25.3 Å². The second kappa shape index (κ2) is 7.02. The number of halogens is 2. The number of alkyl halides is 2. The first-order chi connectivity index (χ1) is 11.5. The molecule has 8 heteroatoms. The largest absolute Gasteiger partial charge is 0.435 e. The Morgan fingerprint density at radius 2 is 1.88 bits per heavy atom. The average Bonchev–Trinajstić information content (AvgIpc) is 2.48. The molecule has 0 saturated carbocycles. The normalized spacial score (nSPS) is 20.8. The van der Waals surface area contributed by atoms with Crippen LogP contribution in [0.25, 0.3) is 0 Å². The van der Waals surface area contributed by atoms with E-state index in [4.69, 9.17) is 0 Å². The van der Waals surface area contributed by atoms with Gasteiger partial charge in [-0.3, -0.25) is 4.79 Å². The van der Waals surface area contributed by atoms with Crippen LogP contribution in [0.3, 0.4) is 0 Å². The van der Waals surface area contributed by atoms with Gasteiger partial charge in [-0.25, -0.2) is 4.79 Å². The lowest BCUT2D eigenvalue weighted by molar-refractivity contribution is -0.121. The lowest BCUT2D eigenvalue weighted by Gasteiger charge is -2.36. The molecule has 0 spiro atoms. The zero-order valence-electron chi connectivity index (χ0n) is 13.1. The van der Waals surface area contributed by atoms with Crippen LogP contribution in [-0.2, 0) is 4.79 Å². The lowest BCUT2D eigenvalue weighted by atomic mass is 10.0. The number of anilines is 1. The lowest BCUT2D eigenvalue weighted by Crippen LogP contribution is -2.57. The number of carbonyl (C=O) groups is 2. The zero-order valence-corrected chi connectivity index (χ0v) is 13.1. The van der Waals surface area contributed by atoms with E-state index in [1.807, 2.05) is 0 Å². The fourth-order valence-electron chi connectivity index (χ4n) is 2.83. The smallest absolute Gasteiger partial charge is 0.387 e. The van der Waals surface area contributed by atoms with Crippen LogP contribution < -0.4 is 15.0 Å². The number of benzene rings is 1. The van der Waals surface area contributed by atoms with E-state index in [9.17, 15) is 18.4 Å². The third-order valence-electron chi connectivity index (χ3n) is 4.25. The molecule has 1 unspecified atom stereocenters. The van der Waals surface area contributed by atoms with Crippen LogP contribution >= 0.6 is 0 Å². The fourth-order valence-corrected chi connectivity index (χ4v) is 2.83. The van der Waals surface area contributed by atoms with E-state index in [1.54, 1.807) is 21.9 Å². The van der Waals surface area contributed by atoms with E-state index in [-0.39, 0.29) is 17.7 Å². The van der Waals surface area contributed by atoms with Gasteiger partial charge in [0.1, 0.15) is 11.8 Å². The summed E-state index contributed by atoms with van der Waals surface area (Å²) in [5.41, 5.74) is 0.601. The number of hydrogen-bond acceptors (Lipinski definition) is 3. The highest BCUT2D eigenvalue weighted by Crippen LogP contribution is 2.24. The monoisotopic (exact) mass is 339 g/mol. The maximum atomic E-state index is 12.6. The summed E-state index contributed by atoms with van der Waals surface area (Å²) in [6.45, 7) is -0.901. The van der Waals surface area contributed by atoms with Crippen molar-refractivity contribution in [1.82, 2.24) is 10.2 Å². The molecule has 1 atom stereocenters. The molecule has 0 aliphatic carbocycles. The van der Waals surface area contributed by atoms with Gasteiger partial charge < -0.3 is 19.9 Å². The Hall–Kier alpha value is -2.38. The number of urea groups is 1. The molecule has 2 aliphatic heterocycles. The van der Waals surface area contributed by atoms with Crippen LogP contribution in [0.15, 0.2) is 24.3 Å². The topological polar surface area (TPSA) is 61.9 Å². The van der Waals surface area contributed by atoms with Crippen LogP contribution in [0, 0.1) is 0 Å². The highest BCUT2D eigenvalue weighted by molar-refractivity contribution is 5.99. The summed E-state index contributed by atoms with van der Waals surface area (Å²) in [7, 11) is 0. The molecular weight excluding hydrogens is 320 g/mol. The van der Waals surface area contributed by atoms with Crippen molar-refractivity contribution in [2.45, 2.75) is 31.9 Å². The quantitative estimate of drug-likeness (QED) is 0.915. The Labute approximate surface area is 138 Å². The van der Waals surface area contributed by atoms with Crippen LogP contribution in [0.2, 0.25) is 0 Å². The molecule has 1 N–H and O–H groups in total. The number of rotatable bonds is 4. The summed E-state index contributed by atoms with van der Waals surface area (Å²) in [4.78, 5) is 27.8. The molecule has 0 bridgehead atoms. The van der Waals surface area contributed by atoms with E-state index in [0.29, 0.717) is 18.7 Å². The van der Waals surface area contributed by atoms with Crippen molar-refractivity contribution in [1.29, 1.82) is 0 Å². The van der Waals surface area contributed by atoms with E-state index >= 15 is 0 Å². The predicted octanol–water partition coefficient (Wildman–Crippen LogP) is 2.20. The van der Waals surface area contributed by atoms with Crippen molar-refractivity contribution in [2.24, 2.45) is 0 Å². The summed E-state index contributed by atoms with van der Waals surface area (Å²) in [6.07, 6.45) is 2.35. The number of hydrogen-bond donors (Lipinski definition) is 1. The van der Waals surface area contributed by atoms with Gasteiger partial charge in [-0.15, -0.1) is 0 Å². The van der Waals surface area contributed by atoms with E-state index in [0.717, 1.165) is 25.9 Å². The third kappa shape index (κ3) is 3.58. The summed E-state index contributed by atoms with van der Waals surface area (Å²) in [5.74, 6) is -0.140. The van der Waals surface area contributed by atoms with Crippen molar-refractivity contribution in [2.75, 3.05) is 24.5 Å².